The number of nitrogens with one attached hydrogen (secondary N) is 2. The number of hydrogen-bond acceptors (Lipinski definition) is 4. The van der Waals surface area contributed by atoms with Crippen LogP contribution >= 0.6 is 0 Å². The zero-order valence-electron chi connectivity index (χ0n) is 18.1. The normalized spacial score (nSPS) is 14.8. The van der Waals surface area contributed by atoms with Gasteiger partial charge in [0, 0.05) is 53.0 Å². The van der Waals surface area contributed by atoms with Gasteiger partial charge in [0.05, 0.1) is 0 Å². The Bertz CT molecular complexity index is 1130. The maximum Gasteiger partial charge on any atom is 0.251 e. The van der Waals surface area contributed by atoms with E-state index in [1.54, 1.807) is 73.1 Å². The van der Waals surface area contributed by atoms with E-state index in [9.17, 15) is 14.1 Å². The molecule has 2 aromatic carbocycles. The number of amides is 2. The molecule has 3 aromatic rings. The van der Waals surface area contributed by atoms with Gasteiger partial charge in [0.25, 0.3) is 5.91 Å². The average molecular weight is 460 g/mol. The van der Waals surface area contributed by atoms with Crippen LogP contribution in [-0.4, -0.2) is 27.4 Å². The minimum Gasteiger partial charge on any atom is -0.606 e. The van der Waals surface area contributed by atoms with Crippen molar-refractivity contribution in [2.75, 3.05) is 5.32 Å². The molecule has 1 heterocycles. The number of aromatic nitrogens is 1. The SMILES string of the molecule is O=C(/C=C/c1cccnc1)Nc1ccc([S+]([O-])c2cccc(C(=O)NC3CCCC3)c2)cc1. The molecule has 1 atom stereocenters. The molecule has 0 bridgehead atoms. The number of pyridine rings is 1. The second-order valence-electron chi connectivity index (χ2n) is 7.88. The van der Waals surface area contributed by atoms with Gasteiger partial charge >= 0.3 is 0 Å². The molecule has 7 heteroatoms. The first-order chi connectivity index (χ1) is 16.1. The molecule has 1 aromatic heterocycles. The zero-order valence-corrected chi connectivity index (χ0v) is 18.9. The quantitative estimate of drug-likeness (QED) is 0.400. The van der Waals surface area contributed by atoms with Crippen LogP contribution in [0.25, 0.3) is 6.08 Å². The highest BCUT2D eigenvalue weighted by Gasteiger charge is 2.20. The third-order valence-corrected chi connectivity index (χ3v) is 6.83. The molecule has 6 nitrogen and oxygen atoms in total. The Labute approximate surface area is 196 Å². The molecule has 1 fully saturated rings. The fraction of sp³-hybridized carbons (Fsp3) is 0.192. The van der Waals surface area contributed by atoms with Gasteiger partial charge in [-0.1, -0.05) is 25.0 Å². The van der Waals surface area contributed by atoms with Gasteiger partial charge in [0.1, 0.15) is 0 Å². The lowest BCUT2D eigenvalue weighted by atomic mass is 10.2. The first-order valence-corrected chi connectivity index (χ1v) is 12.1. The van der Waals surface area contributed by atoms with Crippen LogP contribution in [-0.2, 0) is 16.0 Å². The molecule has 1 saturated carbocycles. The Balaban J connectivity index is 1.37. The van der Waals surface area contributed by atoms with Crippen molar-refractivity contribution in [3.63, 3.8) is 0 Å². The van der Waals surface area contributed by atoms with E-state index in [4.69, 9.17) is 0 Å². The smallest absolute Gasteiger partial charge is 0.251 e. The van der Waals surface area contributed by atoms with E-state index in [1.807, 2.05) is 6.07 Å². The fourth-order valence-electron chi connectivity index (χ4n) is 3.72. The van der Waals surface area contributed by atoms with Gasteiger partial charge in [0.2, 0.25) is 5.91 Å². The fourth-order valence-corrected chi connectivity index (χ4v) is 4.81. The second-order valence-corrected chi connectivity index (χ2v) is 9.36. The molecule has 1 unspecified atom stereocenters. The van der Waals surface area contributed by atoms with E-state index in [0.29, 0.717) is 21.0 Å². The van der Waals surface area contributed by atoms with Crippen molar-refractivity contribution in [1.29, 1.82) is 0 Å². The minimum atomic E-state index is -1.44. The molecule has 0 spiro atoms. The highest BCUT2D eigenvalue weighted by molar-refractivity contribution is 7.91. The molecule has 0 radical (unpaired) electrons. The Morgan fingerprint density at radius 1 is 1.00 bits per heavy atom. The maximum absolute atomic E-state index is 13.0. The Kier molecular flexibility index (Phi) is 7.55. The molecule has 1 aliphatic rings. The van der Waals surface area contributed by atoms with Crippen molar-refractivity contribution < 1.29 is 14.1 Å². The van der Waals surface area contributed by atoms with Crippen LogP contribution in [0.2, 0.25) is 0 Å². The van der Waals surface area contributed by atoms with Crippen LogP contribution in [0.5, 0.6) is 0 Å². The highest BCUT2D eigenvalue weighted by Crippen LogP contribution is 2.24. The van der Waals surface area contributed by atoms with E-state index >= 15 is 0 Å². The standard InChI is InChI=1S/C26H25N3O3S/c30-25(15-10-19-5-4-16-27-18-19)28-22-11-13-23(14-12-22)33(32)24-9-3-6-20(17-24)26(31)29-21-7-1-2-8-21/h3-6,9-18,21H,1-2,7-8H2,(H,28,30)(H,29,31)/b15-10+. The van der Waals surface area contributed by atoms with Gasteiger partial charge < -0.3 is 15.2 Å². The van der Waals surface area contributed by atoms with Crippen molar-refractivity contribution in [3.8, 4) is 0 Å². The monoisotopic (exact) mass is 459 g/mol. The molecule has 2 amide bonds. The summed E-state index contributed by atoms with van der Waals surface area (Å²) >= 11 is -1.44. The Hall–Kier alpha value is -3.42. The van der Waals surface area contributed by atoms with Crippen molar-refractivity contribution in [2.45, 2.75) is 41.5 Å². The van der Waals surface area contributed by atoms with E-state index in [1.165, 1.54) is 6.08 Å². The summed E-state index contributed by atoms with van der Waals surface area (Å²) in [6.07, 6.45) is 10.8. The van der Waals surface area contributed by atoms with Gasteiger partial charge in [-0.05, 0) is 66.9 Å². The van der Waals surface area contributed by atoms with Crippen LogP contribution in [0.1, 0.15) is 41.6 Å². The van der Waals surface area contributed by atoms with Crippen LogP contribution in [0, 0.1) is 0 Å². The molecular weight excluding hydrogens is 434 g/mol. The topological polar surface area (TPSA) is 94.2 Å². The second kappa shape index (κ2) is 10.9. The van der Waals surface area contributed by atoms with Crippen molar-refractivity contribution in [3.05, 3.63) is 90.3 Å². The number of benzene rings is 2. The number of carbonyl (C=O) groups excluding carboxylic acids is 2. The lowest BCUT2D eigenvalue weighted by Crippen LogP contribution is -2.32. The van der Waals surface area contributed by atoms with Crippen molar-refractivity contribution in [1.82, 2.24) is 10.3 Å². The van der Waals surface area contributed by atoms with E-state index in [-0.39, 0.29) is 17.9 Å². The molecule has 0 saturated heterocycles. The Morgan fingerprint density at radius 3 is 2.52 bits per heavy atom. The summed E-state index contributed by atoms with van der Waals surface area (Å²) in [7, 11) is 0. The number of anilines is 1. The molecule has 4 rings (SSSR count). The van der Waals surface area contributed by atoms with E-state index < -0.39 is 11.2 Å². The predicted molar refractivity (Wildman–Crippen MR) is 129 cm³/mol. The van der Waals surface area contributed by atoms with Gasteiger partial charge in [-0.2, -0.15) is 0 Å². The van der Waals surface area contributed by atoms with Crippen molar-refractivity contribution >= 4 is 34.8 Å². The van der Waals surface area contributed by atoms with Crippen LogP contribution in [0.15, 0.2) is 88.9 Å². The van der Waals surface area contributed by atoms with E-state index in [0.717, 1.165) is 31.2 Å². The summed E-state index contributed by atoms with van der Waals surface area (Å²) in [4.78, 5) is 29.8. The molecule has 1 aliphatic carbocycles. The summed E-state index contributed by atoms with van der Waals surface area (Å²) in [5.41, 5.74) is 1.94. The van der Waals surface area contributed by atoms with Gasteiger partial charge in [0.15, 0.2) is 9.79 Å². The van der Waals surface area contributed by atoms with Crippen LogP contribution < -0.4 is 10.6 Å². The number of carbonyl (C=O) groups is 2. The predicted octanol–water partition coefficient (Wildman–Crippen LogP) is 4.57. The number of nitrogens with zero attached hydrogens (tertiary/aromatic N) is 1. The number of hydrogen-bond donors (Lipinski definition) is 2. The summed E-state index contributed by atoms with van der Waals surface area (Å²) in [6.45, 7) is 0. The summed E-state index contributed by atoms with van der Waals surface area (Å²) in [5.74, 6) is -0.396. The van der Waals surface area contributed by atoms with Gasteiger partial charge in [-0.3, -0.25) is 14.6 Å². The first kappa shape index (κ1) is 22.8. The zero-order chi connectivity index (χ0) is 23.0. The van der Waals surface area contributed by atoms with Crippen LogP contribution in [0.4, 0.5) is 5.69 Å². The number of rotatable bonds is 7. The lowest BCUT2D eigenvalue weighted by molar-refractivity contribution is -0.111. The summed E-state index contributed by atoms with van der Waals surface area (Å²) in [5, 5.41) is 5.84. The minimum absolute atomic E-state index is 0.127. The molecular formula is C26H25N3O3S. The summed E-state index contributed by atoms with van der Waals surface area (Å²) < 4.78 is 13.0. The van der Waals surface area contributed by atoms with Gasteiger partial charge in [-0.25, -0.2) is 0 Å². The summed E-state index contributed by atoms with van der Waals surface area (Å²) in [6, 6.07) is 17.6. The third-order valence-electron chi connectivity index (χ3n) is 5.45. The largest absolute Gasteiger partial charge is 0.606 e. The molecule has 33 heavy (non-hydrogen) atoms. The van der Waals surface area contributed by atoms with Crippen molar-refractivity contribution in [2.24, 2.45) is 0 Å². The lowest BCUT2D eigenvalue weighted by Gasteiger charge is -2.14. The molecule has 0 aliphatic heterocycles. The van der Waals surface area contributed by atoms with Crippen LogP contribution in [0.3, 0.4) is 0 Å². The highest BCUT2D eigenvalue weighted by atomic mass is 32.2. The van der Waals surface area contributed by atoms with Gasteiger partial charge in [-0.15, -0.1) is 0 Å². The van der Waals surface area contributed by atoms with E-state index in [2.05, 4.69) is 15.6 Å². The molecule has 168 valence electrons. The third kappa shape index (κ3) is 6.31. The Morgan fingerprint density at radius 2 is 1.79 bits per heavy atom. The maximum atomic E-state index is 13.0. The first-order valence-electron chi connectivity index (χ1n) is 10.9. The molecule has 2 N–H and O–H groups in total. The average Bonchev–Trinajstić information content (AvgIpc) is 3.36.